The molecule has 18 heavy (non-hydrogen) atoms. The van der Waals surface area contributed by atoms with Gasteiger partial charge in [-0.15, -0.1) is 0 Å². The topological polar surface area (TPSA) is 69.1 Å². The number of rotatable bonds is 2. The number of hydrogen-bond donors (Lipinski definition) is 3. The summed E-state index contributed by atoms with van der Waals surface area (Å²) in [5.74, 6) is 0. The first-order valence-corrected chi connectivity index (χ1v) is 5.65. The lowest BCUT2D eigenvalue weighted by atomic mass is 9.80. The van der Waals surface area contributed by atoms with Crippen LogP contribution in [0.25, 0.3) is 22.3 Å². The van der Waals surface area contributed by atoms with Gasteiger partial charge >= 0.3 is 7.12 Å². The van der Waals surface area contributed by atoms with Crippen LogP contribution in [0.4, 0.5) is 0 Å². The van der Waals surface area contributed by atoms with Gasteiger partial charge in [-0.2, -0.15) is 0 Å². The van der Waals surface area contributed by atoms with Gasteiger partial charge in [0.05, 0.1) is 5.69 Å². The van der Waals surface area contributed by atoms with Gasteiger partial charge in [0.15, 0.2) is 0 Å². The predicted molar refractivity (Wildman–Crippen MR) is 71.4 cm³/mol. The third-order valence-corrected chi connectivity index (χ3v) is 2.92. The van der Waals surface area contributed by atoms with E-state index < -0.39 is 7.12 Å². The average Bonchev–Trinajstić information content (AvgIpc) is 2.82. The molecule has 3 rings (SSSR count). The summed E-state index contributed by atoms with van der Waals surface area (Å²) in [6.07, 6.45) is 1.57. The van der Waals surface area contributed by atoms with Gasteiger partial charge in [-0.05, 0) is 12.1 Å². The Hall–Kier alpha value is -2.11. The summed E-state index contributed by atoms with van der Waals surface area (Å²) in [6.45, 7) is 0. The van der Waals surface area contributed by atoms with Gasteiger partial charge in [0.25, 0.3) is 0 Å². The van der Waals surface area contributed by atoms with Crippen molar-refractivity contribution in [1.82, 2.24) is 9.97 Å². The van der Waals surface area contributed by atoms with Crippen LogP contribution in [0.3, 0.4) is 0 Å². The average molecular weight is 238 g/mol. The highest BCUT2D eigenvalue weighted by atomic mass is 16.4. The first kappa shape index (κ1) is 11.0. The molecule has 2 aromatic heterocycles. The third kappa shape index (κ3) is 1.79. The largest absolute Gasteiger partial charge is 0.490 e. The normalized spacial score (nSPS) is 10.8. The molecule has 0 radical (unpaired) electrons. The second kappa shape index (κ2) is 4.29. The van der Waals surface area contributed by atoms with Crippen molar-refractivity contribution in [2.75, 3.05) is 0 Å². The van der Waals surface area contributed by atoms with E-state index in [4.69, 9.17) is 0 Å². The van der Waals surface area contributed by atoms with E-state index in [1.54, 1.807) is 6.20 Å². The lowest BCUT2D eigenvalue weighted by molar-refractivity contribution is 0.426. The molecule has 0 saturated carbocycles. The maximum atomic E-state index is 9.20. The van der Waals surface area contributed by atoms with Crippen molar-refractivity contribution >= 4 is 23.6 Å². The molecule has 88 valence electrons. The van der Waals surface area contributed by atoms with Crippen LogP contribution in [0, 0.1) is 0 Å². The van der Waals surface area contributed by atoms with Crippen molar-refractivity contribution < 1.29 is 10.0 Å². The SMILES string of the molecule is OB(O)c1c[nH]c2nc(-c3ccccc3)ccc12. The molecule has 0 fully saturated rings. The maximum absolute atomic E-state index is 9.20. The zero-order chi connectivity index (χ0) is 12.5. The van der Waals surface area contributed by atoms with Crippen molar-refractivity contribution in [3.05, 3.63) is 48.7 Å². The van der Waals surface area contributed by atoms with Gasteiger partial charge in [-0.25, -0.2) is 4.98 Å². The fourth-order valence-corrected chi connectivity index (χ4v) is 2.01. The van der Waals surface area contributed by atoms with Crippen LogP contribution in [-0.2, 0) is 0 Å². The Labute approximate surface area is 104 Å². The Morgan fingerprint density at radius 2 is 1.78 bits per heavy atom. The van der Waals surface area contributed by atoms with E-state index in [-0.39, 0.29) is 0 Å². The molecule has 0 atom stereocenters. The predicted octanol–water partition coefficient (Wildman–Crippen LogP) is 0.910. The molecule has 0 aliphatic carbocycles. The second-order valence-electron chi connectivity index (χ2n) is 4.08. The number of hydrogen-bond acceptors (Lipinski definition) is 3. The number of H-pyrrole nitrogens is 1. The van der Waals surface area contributed by atoms with Gasteiger partial charge in [-0.1, -0.05) is 30.3 Å². The van der Waals surface area contributed by atoms with Gasteiger partial charge in [-0.3, -0.25) is 0 Å². The van der Waals surface area contributed by atoms with E-state index in [0.29, 0.717) is 11.1 Å². The van der Waals surface area contributed by atoms with Crippen LogP contribution < -0.4 is 5.46 Å². The summed E-state index contributed by atoms with van der Waals surface area (Å²) in [5.41, 5.74) is 2.97. The molecule has 3 N–H and O–H groups in total. The monoisotopic (exact) mass is 238 g/mol. The minimum absolute atomic E-state index is 0.442. The molecular formula is C13H11BN2O2. The van der Waals surface area contributed by atoms with Crippen LogP contribution in [0.2, 0.25) is 0 Å². The van der Waals surface area contributed by atoms with E-state index in [1.165, 1.54) is 0 Å². The van der Waals surface area contributed by atoms with Crippen molar-refractivity contribution in [1.29, 1.82) is 0 Å². The fourth-order valence-electron chi connectivity index (χ4n) is 2.01. The van der Waals surface area contributed by atoms with Gasteiger partial charge < -0.3 is 15.0 Å². The van der Waals surface area contributed by atoms with E-state index >= 15 is 0 Å². The summed E-state index contributed by atoms with van der Waals surface area (Å²) in [7, 11) is -1.48. The molecular weight excluding hydrogens is 227 g/mol. The van der Waals surface area contributed by atoms with Crippen LogP contribution in [0.15, 0.2) is 48.7 Å². The lowest BCUT2D eigenvalue weighted by Gasteiger charge is -2.01. The summed E-state index contributed by atoms with van der Waals surface area (Å²) in [5, 5.41) is 19.1. The van der Waals surface area contributed by atoms with E-state index in [0.717, 1.165) is 16.6 Å². The molecule has 4 nitrogen and oxygen atoms in total. The minimum atomic E-state index is -1.48. The molecule has 3 aromatic rings. The first-order chi connectivity index (χ1) is 8.75. The molecule has 2 heterocycles. The summed E-state index contributed by atoms with van der Waals surface area (Å²) < 4.78 is 0. The zero-order valence-corrected chi connectivity index (χ0v) is 9.54. The number of aromatic amines is 1. The highest BCUT2D eigenvalue weighted by Gasteiger charge is 2.16. The molecule has 0 spiro atoms. The van der Waals surface area contributed by atoms with Crippen LogP contribution >= 0.6 is 0 Å². The molecule has 0 amide bonds. The highest BCUT2D eigenvalue weighted by molar-refractivity contribution is 6.61. The summed E-state index contributed by atoms with van der Waals surface area (Å²) >= 11 is 0. The zero-order valence-electron chi connectivity index (χ0n) is 9.54. The standard InChI is InChI=1S/C13H11BN2O2/c17-14(18)11-8-15-13-10(11)6-7-12(16-13)9-4-2-1-3-5-9/h1-8,17-18H,(H,15,16). The Morgan fingerprint density at radius 3 is 2.50 bits per heavy atom. The Morgan fingerprint density at radius 1 is 1.00 bits per heavy atom. The second-order valence-corrected chi connectivity index (χ2v) is 4.08. The quantitative estimate of drug-likeness (QED) is 0.581. The van der Waals surface area contributed by atoms with Crippen LogP contribution in [0.1, 0.15) is 0 Å². The van der Waals surface area contributed by atoms with Gasteiger partial charge in [0.1, 0.15) is 5.65 Å². The molecule has 0 unspecified atom stereocenters. The molecule has 0 aliphatic heterocycles. The number of pyridine rings is 1. The van der Waals surface area contributed by atoms with E-state index in [9.17, 15) is 10.0 Å². The molecule has 0 saturated heterocycles. The number of aromatic nitrogens is 2. The van der Waals surface area contributed by atoms with E-state index in [1.807, 2.05) is 42.5 Å². The lowest BCUT2D eigenvalue weighted by Crippen LogP contribution is -2.28. The smallest absolute Gasteiger partial charge is 0.423 e. The third-order valence-electron chi connectivity index (χ3n) is 2.92. The molecule has 0 aliphatic rings. The Balaban J connectivity index is 2.13. The number of nitrogens with zero attached hydrogens (tertiary/aromatic N) is 1. The van der Waals surface area contributed by atoms with Crippen molar-refractivity contribution in [2.24, 2.45) is 0 Å². The van der Waals surface area contributed by atoms with Crippen molar-refractivity contribution in [3.8, 4) is 11.3 Å². The number of benzene rings is 1. The Bertz CT molecular complexity index is 680. The van der Waals surface area contributed by atoms with Gasteiger partial charge in [0.2, 0.25) is 0 Å². The summed E-state index contributed by atoms with van der Waals surface area (Å²) in [6, 6.07) is 13.6. The highest BCUT2D eigenvalue weighted by Crippen LogP contribution is 2.19. The number of fused-ring (bicyclic) bond motifs is 1. The minimum Gasteiger partial charge on any atom is -0.423 e. The van der Waals surface area contributed by atoms with Crippen LogP contribution in [-0.4, -0.2) is 27.1 Å². The first-order valence-electron chi connectivity index (χ1n) is 5.65. The number of nitrogens with one attached hydrogen (secondary N) is 1. The molecule has 5 heteroatoms. The van der Waals surface area contributed by atoms with Crippen molar-refractivity contribution in [3.63, 3.8) is 0 Å². The van der Waals surface area contributed by atoms with Crippen LogP contribution in [0.5, 0.6) is 0 Å². The van der Waals surface area contributed by atoms with E-state index in [2.05, 4.69) is 9.97 Å². The summed E-state index contributed by atoms with van der Waals surface area (Å²) in [4.78, 5) is 7.42. The van der Waals surface area contributed by atoms with Gasteiger partial charge in [0, 0.05) is 22.6 Å². The Kier molecular flexibility index (Phi) is 2.62. The van der Waals surface area contributed by atoms with Crippen molar-refractivity contribution in [2.45, 2.75) is 0 Å². The molecule has 1 aromatic carbocycles. The maximum Gasteiger partial charge on any atom is 0.490 e. The fraction of sp³-hybridized carbons (Fsp3) is 0. The molecule has 0 bridgehead atoms.